The second-order valence-corrected chi connectivity index (χ2v) is 5.15. The van der Waals surface area contributed by atoms with Crippen LogP contribution < -0.4 is 5.73 Å². The molecular formula is C17H21N3O. The molecule has 0 saturated carbocycles. The summed E-state index contributed by atoms with van der Waals surface area (Å²) in [5.74, 6) is -0.0448. The number of amides is 1. The van der Waals surface area contributed by atoms with Gasteiger partial charge < -0.3 is 10.6 Å². The molecule has 0 bridgehead atoms. The van der Waals surface area contributed by atoms with Crippen LogP contribution in [-0.4, -0.2) is 28.9 Å². The van der Waals surface area contributed by atoms with Gasteiger partial charge in [0.25, 0.3) is 0 Å². The molecule has 1 heterocycles. The molecule has 1 unspecified atom stereocenters. The maximum Gasteiger partial charge on any atom is 0.239 e. The zero-order valence-electron chi connectivity index (χ0n) is 12.3. The Morgan fingerprint density at radius 2 is 1.90 bits per heavy atom. The summed E-state index contributed by atoms with van der Waals surface area (Å²) < 4.78 is 0. The molecule has 1 amide bonds. The largest absolute Gasteiger partial charge is 0.339 e. The fourth-order valence-electron chi connectivity index (χ4n) is 2.19. The third kappa shape index (κ3) is 4.68. The zero-order chi connectivity index (χ0) is 15.1. The normalized spacial score (nSPS) is 11.9. The second-order valence-electron chi connectivity index (χ2n) is 5.15. The number of pyridine rings is 1. The lowest BCUT2D eigenvalue weighted by atomic mass is 10.0. The van der Waals surface area contributed by atoms with Crippen LogP contribution >= 0.6 is 0 Å². The Morgan fingerprint density at radius 1 is 1.19 bits per heavy atom. The Morgan fingerprint density at radius 3 is 2.57 bits per heavy atom. The van der Waals surface area contributed by atoms with E-state index in [4.69, 9.17) is 5.73 Å². The average Bonchev–Trinajstić information content (AvgIpc) is 2.53. The van der Waals surface area contributed by atoms with E-state index in [1.165, 1.54) is 5.56 Å². The first-order chi connectivity index (χ1) is 10.2. The fraction of sp³-hybridized carbons (Fsp3) is 0.294. The molecule has 0 spiro atoms. The molecule has 1 aromatic heterocycles. The van der Waals surface area contributed by atoms with Crippen molar-refractivity contribution in [2.75, 3.05) is 7.05 Å². The van der Waals surface area contributed by atoms with E-state index in [1.54, 1.807) is 18.1 Å². The van der Waals surface area contributed by atoms with Gasteiger partial charge in [0.2, 0.25) is 5.91 Å². The molecule has 0 aliphatic carbocycles. The number of carbonyl (C=O) groups excluding carboxylic acids is 1. The molecule has 2 rings (SSSR count). The van der Waals surface area contributed by atoms with Gasteiger partial charge in [0, 0.05) is 13.2 Å². The van der Waals surface area contributed by atoms with E-state index in [1.807, 2.05) is 36.4 Å². The Kier molecular flexibility index (Phi) is 5.46. The minimum absolute atomic E-state index is 0.0448. The number of benzene rings is 1. The summed E-state index contributed by atoms with van der Waals surface area (Å²) in [5, 5.41) is 0. The monoisotopic (exact) mass is 283 g/mol. The van der Waals surface area contributed by atoms with E-state index in [0.29, 0.717) is 13.0 Å². The van der Waals surface area contributed by atoms with Crippen molar-refractivity contribution in [1.82, 2.24) is 9.88 Å². The molecule has 4 nitrogen and oxygen atoms in total. The lowest BCUT2D eigenvalue weighted by Gasteiger charge is -2.21. The van der Waals surface area contributed by atoms with E-state index >= 15 is 0 Å². The van der Waals surface area contributed by atoms with Gasteiger partial charge in [0.1, 0.15) is 0 Å². The maximum atomic E-state index is 12.2. The molecule has 0 saturated heterocycles. The molecule has 1 aromatic carbocycles. The van der Waals surface area contributed by atoms with Crippen molar-refractivity contribution < 1.29 is 4.79 Å². The van der Waals surface area contributed by atoms with Crippen LogP contribution in [0, 0.1) is 0 Å². The molecule has 0 radical (unpaired) electrons. The number of hydrogen-bond donors (Lipinski definition) is 1. The number of aromatic nitrogens is 1. The van der Waals surface area contributed by atoms with E-state index in [9.17, 15) is 4.79 Å². The minimum atomic E-state index is -0.473. The SMILES string of the molecule is CN(Cc1ccccn1)C(=O)C(N)CCc1ccccc1. The van der Waals surface area contributed by atoms with Crippen LogP contribution in [0.25, 0.3) is 0 Å². The Bertz CT molecular complexity index is 557. The average molecular weight is 283 g/mol. The number of carbonyl (C=O) groups is 1. The quantitative estimate of drug-likeness (QED) is 0.882. The van der Waals surface area contributed by atoms with Gasteiger partial charge in [0.05, 0.1) is 18.3 Å². The summed E-state index contributed by atoms with van der Waals surface area (Å²) in [5.41, 5.74) is 8.07. The minimum Gasteiger partial charge on any atom is -0.339 e. The van der Waals surface area contributed by atoms with Gasteiger partial charge >= 0.3 is 0 Å². The standard InChI is InChI=1S/C17H21N3O/c1-20(13-15-9-5-6-12-19-15)17(21)16(18)11-10-14-7-3-2-4-8-14/h2-9,12,16H,10-11,13,18H2,1H3. The Balaban J connectivity index is 1.84. The van der Waals surface area contributed by atoms with Crippen molar-refractivity contribution in [3.05, 3.63) is 66.0 Å². The second kappa shape index (κ2) is 7.55. The summed E-state index contributed by atoms with van der Waals surface area (Å²) in [6.07, 6.45) is 3.18. The highest BCUT2D eigenvalue weighted by molar-refractivity contribution is 5.81. The first kappa shape index (κ1) is 15.2. The molecule has 0 aliphatic heterocycles. The zero-order valence-corrected chi connectivity index (χ0v) is 12.3. The molecule has 2 N–H and O–H groups in total. The first-order valence-corrected chi connectivity index (χ1v) is 7.11. The fourth-order valence-corrected chi connectivity index (χ4v) is 2.19. The van der Waals surface area contributed by atoms with Crippen molar-refractivity contribution in [2.24, 2.45) is 5.73 Å². The molecule has 0 aliphatic rings. The van der Waals surface area contributed by atoms with Crippen LogP contribution in [0.4, 0.5) is 0 Å². The molecule has 0 fully saturated rings. The summed E-state index contributed by atoms with van der Waals surface area (Å²) in [7, 11) is 1.76. The van der Waals surface area contributed by atoms with Gasteiger partial charge in [-0.15, -0.1) is 0 Å². The molecule has 21 heavy (non-hydrogen) atoms. The van der Waals surface area contributed by atoms with E-state index in [2.05, 4.69) is 17.1 Å². The molecule has 1 atom stereocenters. The summed E-state index contributed by atoms with van der Waals surface area (Å²) >= 11 is 0. The predicted molar refractivity (Wildman–Crippen MR) is 83.4 cm³/mol. The van der Waals surface area contributed by atoms with Gasteiger partial charge in [-0.2, -0.15) is 0 Å². The van der Waals surface area contributed by atoms with E-state index in [-0.39, 0.29) is 5.91 Å². The van der Waals surface area contributed by atoms with Gasteiger partial charge in [-0.25, -0.2) is 0 Å². The highest BCUT2D eigenvalue weighted by Gasteiger charge is 2.18. The van der Waals surface area contributed by atoms with Crippen molar-refractivity contribution in [1.29, 1.82) is 0 Å². The van der Waals surface area contributed by atoms with E-state index < -0.39 is 6.04 Å². The molecule has 110 valence electrons. The third-order valence-electron chi connectivity index (χ3n) is 3.41. The summed E-state index contributed by atoms with van der Waals surface area (Å²) in [4.78, 5) is 18.1. The van der Waals surface area contributed by atoms with Crippen LogP contribution in [0.2, 0.25) is 0 Å². The van der Waals surface area contributed by atoms with Gasteiger partial charge in [0.15, 0.2) is 0 Å². The van der Waals surface area contributed by atoms with Gasteiger partial charge in [-0.1, -0.05) is 36.4 Å². The third-order valence-corrected chi connectivity index (χ3v) is 3.41. The number of hydrogen-bond acceptors (Lipinski definition) is 3. The van der Waals surface area contributed by atoms with Crippen molar-refractivity contribution in [3.8, 4) is 0 Å². The number of aryl methyl sites for hydroxylation is 1. The van der Waals surface area contributed by atoms with Crippen LogP contribution in [0.15, 0.2) is 54.7 Å². The first-order valence-electron chi connectivity index (χ1n) is 7.11. The van der Waals surface area contributed by atoms with E-state index in [0.717, 1.165) is 12.1 Å². The lowest BCUT2D eigenvalue weighted by Crippen LogP contribution is -2.41. The molecule has 4 heteroatoms. The number of rotatable bonds is 6. The van der Waals surface area contributed by atoms with Crippen molar-refractivity contribution >= 4 is 5.91 Å². The van der Waals surface area contributed by atoms with Crippen LogP contribution in [0.3, 0.4) is 0 Å². The van der Waals surface area contributed by atoms with Gasteiger partial charge in [-0.05, 0) is 30.5 Å². The van der Waals surface area contributed by atoms with Crippen molar-refractivity contribution in [2.45, 2.75) is 25.4 Å². The van der Waals surface area contributed by atoms with Crippen LogP contribution in [0.1, 0.15) is 17.7 Å². The Hall–Kier alpha value is -2.20. The number of likely N-dealkylation sites (N-methyl/N-ethyl adjacent to an activating group) is 1. The molecular weight excluding hydrogens is 262 g/mol. The van der Waals surface area contributed by atoms with Crippen molar-refractivity contribution in [3.63, 3.8) is 0 Å². The van der Waals surface area contributed by atoms with Gasteiger partial charge in [-0.3, -0.25) is 9.78 Å². The summed E-state index contributed by atoms with van der Waals surface area (Å²) in [6, 6.07) is 15.3. The molecule has 2 aromatic rings. The number of nitrogens with two attached hydrogens (primary N) is 1. The van der Waals surface area contributed by atoms with Crippen LogP contribution in [-0.2, 0) is 17.8 Å². The smallest absolute Gasteiger partial charge is 0.239 e. The Labute approximate surface area is 125 Å². The topological polar surface area (TPSA) is 59.2 Å². The number of nitrogens with zero attached hydrogens (tertiary/aromatic N) is 2. The highest BCUT2D eigenvalue weighted by atomic mass is 16.2. The predicted octanol–water partition coefficient (Wildman–Crippen LogP) is 2.00. The maximum absolute atomic E-state index is 12.2. The lowest BCUT2D eigenvalue weighted by molar-refractivity contribution is -0.132. The summed E-state index contributed by atoms with van der Waals surface area (Å²) in [6.45, 7) is 0.485. The van der Waals surface area contributed by atoms with Crippen LogP contribution in [0.5, 0.6) is 0 Å². The highest BCUT2D eigenvalue weighted by Crippen LogP contribution is 2.07.